The highest BCUT2D eigenvalue weighted by Gasteiger charge is 2.14. The van der Waals surface area contributed by atoms with Gasteiger partial charge in [-0.15, -0.1) is 12.3 Å². The molecular weight excluding hydrogens is 620 g/mol. The van der Waals surface area contributed by atoms with Crippen molar-refractivity contribution in [2.24, 2.45) is 0 Å². The SMILES string of the molecule is C.C#CC.CC#Cc1nc(N(C)c2ccc(OC)cc2)c2ccccc2n1.COc1ccc(N(C)c2nc(Cl)nc3ccccc23)cc1. The predicted octanol–water partition coefficient (Wildman–Crippen LogP) is 9.11. The molecule has 0 atom stereocenters. The summed E-state index contributed by atoms with van der Waals surface area (Å²) in [6, 6.07) is 31.4. The van der Waals surface area contributed by atoms with Crippen molar-refractivity contribution < 1.29 is 9.47 Å². The number of para-hydroxylation sites is 2. The van der Waals surface area contributed by atoms with Gasteiger partial charge in [0.25, 0.3) is 0 Å². The van der Waals surface area contributed by atoms with Crippen LogP contribution in [0.2, 0.25) is 5.28 Å². The lowest BCUT2D eigenvalue weighted by atomic mass is 10.2. The molecule has 0 N–H and O–H groups in total. The van der Waals surface area contributed by atoms with E-state index in [1.807, 2.05) is 121 Å². The summed E-state index contributed by atoms with van der Waals surface area (Å²) in [5.41, 5.74) is 3.73. The number of rotatable bonds is 6. The first-order valence-electron chi connectivity index (χ1n) is 14.6. The van der Waals surface area contributed by atoms with Crippen LogP contribution in [0.15, 0.2) is 97.1 Å². The van der Waals surface area contributed by atoms with Crippen LogP contribution < -0.4 is 19.3 Å². The second-order valence-electron chi connectivity index (χ2n) is 9.90. The fourth-order valence-corrected chi connectivity index (χ4v) is 4.80. The van der Waals surface area contributed by atoms with Gasteiger partial charge < -0.3 is 19.3 Å². The highest BCUT2D eigenvalue weighted by Crippen LogP contribution is 2.31. The number of ether oxygens (including phenoxy) is 2. The molecule has 0 spiro atoms. The van der Waals surface area contributed by atoms with E-state index in [0.717, 1.165) is 56.3 Å². The first-order valence-corrected chi connectivity index (χ1v) is 15.0. The maximum atomic E-state index is 6.03. The second kappa shape index (κ2) is 17.8. The first-order chi connectivity index (χ1) is 22.8. The zero-order valence-corrected chi connectivity index (χ0v) is 27.9. The number of anilines is 4. The van der Waals surface area contributed by atoms with Crippen LogP contribution in [0.5, 0.6) is 11.5 Å². The van der Waals surface area contributed by atoms with Crippen molar-refractivity contribution in [1.82, 2.24) is 19.9 Å². The van der Waals surface area contributed by atoms with Gasteiger partial charge in [0.1, 0.15) is 23.1 Å². The number of nitrogens with zero attached hydrogens (tertiary/aromatic N) is 6. The Morgan fingerprint density at radius 3 is 1.48 bits per heavy atom. The molecule has 48 heavy (non-hydrogen) atoms. The van der Waals surface area contributed by atoms with Gasteiger partial charge in [0.05, 0.1) is 25.3 Å². The highest BCUT2D eigenvalue weighted by atomic mass is 35.5. The zero-order chi connectivity index (χ0) is 33.8. The van der Waals surface area contributed by atoms with Crippen LogP contribution in [0.25, 0.3) is 21.8 Å². The van der Waals surface area contributed by atoms with Crippen molar-refractivity contribution in [3.8, 4) is 35.7 Å². The van der Waals surface area contributed by atoms with E-state index in [1.54, 1.807) is 28.1 Å². The van der Waals surface area contributed by atoms with Crippen molar-refractivity contribution in [2.45, 2.75) is 21.3 Å². The summed E-state index contributed by atoms with van der Waals surface area (Å²) in [5, 5.41) is 2.19. The summed E-state index contributed by atoms with van der Waals surface area (Å²) >= 11 is 6.03. The first kappa shape index (κ1) is 36.6. The van der Waals surface area contributed by atoms with E-state index in [0.29, 0.717) is 5.82 Å². The van der Waals surface area contributed by atoms with Crippen molar-refractivity contribution in [3.63, 3.8) is 0 Å². The zero-order valence-electron chi connectivity index (χ0n) is 27.2. The van der Waals surface area contributed by atoms with Gasteiger partial charge in [0, 0.05) is 36.2 Å². The van der Waals surface area contributed by atoms with Crippen LogP contribution in [-0.2, 0) is 0 Å². The summed E-state index contributed by atoms with van der Waals surface area (Å²) in [5.74, 6) is 11.8. The summed E-state index contributed by atoms with van der Waals surface area (Å²) in [7, 11) is 7.25. The number of benzene rings is 4. The van der Waals surface area contributed by atoms with Crippen LogP contribution in [0, 0.1) is 24.2 Å². The normalized spacial score (nSPS) is 9.62. The Labute approximate surface area is 288 Å². The quantitative estimate of drug-likeness (QED) is 0.130. The number of halogens is 1. The molecule has 9 heteroatoms. The van der Waals surface area contributed by atoms with Crippen molar-refractivity contribution in [1.29, 1.82) is 0 Å². The smallest absolute Gasteiger partial charge is 0.224 e. The van der Waals surface area contributed by atoms with Crippen molar-refractivity contribution >= 4 is 56.4 Å². The molecule has 0 amide bonds. The largest absolute Gasteiger partial charge is 0.497 e. The molecule has 0 radical (unpaired) electrons. The maximum absolute atomic E-state index is 6.03. The summed E-state index contributed by atoms with van der Waals surface area (Å²) in [6.07, 6.45) is 4.60. The Bertz CT molecular complexity index is 2050. The van der Waals surface area contributed by atoms with Crippen molar-refractivity contribution in [2.75, 3.05) is 38.1 Å². The number of hydrogen-bond donors (Lipinski definition) is 0. The molecule has 244 valence electrons. The topological polar surface area (TPSA) is 76.5 Å². The van der Waals surface area contributed by atoms with Crippen LogP contribution in [-0.4, -0.2) is 48.3 Å². The lowest BCUT2D eigenvalue weighted by molar-refractivity contribution is 0.414. The molecular formula is C39H39ClN6O2. The number of fused-ring (bicyclic) bond motifs is 2. The Kier molecular flexibility index (Phi) is 13.6. The van der Waals surface area contributed by atoms with E-state index in [-0.39, 0.29) is 12.7 Å². The third-order valence-electron chi connectivity index (χ3n) is 6.93. The summed E-state index contributed by atoms with van der Waals surface area (Å²) in [4.78, 5) is 21.7. The molecule has 0 saturated carbocycles. The van der Waals surface area contributed by atoms with Crippen LogP contribution in [0.3, 0.4) is 0 Å². The predicted molar refractivity (Wildman–Crippen MR) is 200 cm³/mol. The lowest BCUT2D eigenvalue weighted by Gasteiger charge is -2.20. The van der Waals surface area contributed by atoms with E-state index in [9.17, 15) is 0 Å². The molecule has 6 rings (SSSR count). The van der Waals surface area contributed by atoms with Crippen LogP contribution in [0.1, 0.15) is 27.1 Å². The van der Waals surface area contributed by atoms with E-state index in [2.05, 4.69) is 44.1 Å². The van der Waals surface area contributed by atoms with Gasteiger partial charge in [-0.1, -0.05) is 37.6 Å². The molecule has 0 fully saturated rings. The van der Waals surface area contributed by atoms with E-state index in [4.69, 9.17) is 21.1 Å². The molecule has 2 aromatic heterocycles. The van der Waals surface area contributed by atoms with Gasteiger partial charge in [0.15, 0.2) is 0 Å². The minimum absolute atomic E-state index is 0. The van der Waals surface area contributed by atoms with Crippen molar-refractivity contribution in [3.05, 3.63) is 108 Å². The van der Waals surface area contributed by atoms with E-state index >= 15 is 0 Å². The number of hydrogen-bond acceptors (Lipinski definition) is 8. The van der Waals surface area contributed by atoms with Gasteiger partial charge in [-0.25, -0.2) is 15.0 Å². The molecule has 8 nitrogen and oxygen atoms in total. The molecule has 0 bridgehead atoms. The molecule has 6 aromatic rings. The third-order valence-corrected chi connectivity index (χ3v) is 7.10. The molecule has 4 aromatic carbocycles. The van der Waals surface area contributed by atoms with Gasteiger partial charge in [0.2, 0.25) is 11.1 Å². The Hall–Kier alpha value is -5.83. The molecule has 0 aliphatic carbocycles. The standard InChI is InChI=1S/C19H17N3O.C16H14ClN3O.C3H4.CH4/c1-4-7-18-20-17-9-6-5-8-16(17)19(21-18)22(2)14-10-12-15(23-3)13-11-14;1-20(11-7-9-12(21-2)10-8-11)15-13-5-3-4-6-14(13)18-16(17)19-15;1-3-2;/h5-6,8-13H,1-3H3;3-10H,1-2H3;1H,2H3;1H4. The number of terminal acetylenes is 1. The molecule has 0 saturated heterocycles. The number of methoxy groups -OCH3 is 2. The van der Waals surface area contributed by atoms with Crippen LogP contribution in [0.4, 0.5) is 23.0 Å². The van der Waals surface area contributed by atoms with Crippen LogP contribution >= 0.6 is 11.6 Å². The number of aromatic nitrogens is 4. The summed E-state index contributed by atoms with van der Waals surface area (Å²) < 4.78 is 10.4. The molecule has 2 heterocycles. The fourth-order valence-electron chi connectivity index (χ4n) is 4.63. The maximum Gasteiger partial charge on any atom is 0.224 e. The van der Waals surface area contributed by atoms with Gasteiger partial charge in [-0.05, 0) is 104 Å². The minimum atomic E-state index is 0. The average molecular weight is 659 g/mol. The Balaban J connectivity index is 0.000000237. The average Bonchev–Trinajstić information content (AvgIpc) is 3.11. The Morgan fingerprint density at radius 1 is 0.625 bits per heavy atom. The lowest BCUT2D eigenvalue weighted by Crippen LogP contribution is -2.13. The molecule has 0 aliphatic rings. The third kappa shape index (κ3) is 8.91. The Morgan fingerprint density at radius 2 is 1.04 bits per heavy atom. The molecule has 0 aliphatic heterocycles. The second-order valence-corrected chi connectivity index (χ2v) is 10.2. The highest BCUT2D eigenvalue weighted by molar-refractivity contribution is 6.28. The van der Waals surface area contributed by atoms with Gasteiger partial charge in [-0.3, -0.25) is 0 Å². The van der Waals surface area contributed by atoms with E-state index < -0.39 is 0 Å². The monoisotopic (exact) mass is 658 g/mol. The fraction of sp³-hybridized carbons (Fsp3) is 0.179. The van der Waals surface area contributed by atoms with Gasteiger partial charge in [-0.2, -0.15) is 4.98 Å². The van der Waals surface area contributed by atoms with Gasteiger partial charge >= 0.3 is 0 Å². The minimum Gasteiger partial charge on any atom is -0.497 e. The summed E-state index contributed by atoms with van der Waals surface area (Å²) in [6.45, 7) is 3.44. The van der Waals surface area contributed by atoms with E-state index in [1.165, 1.54) is 0 Å². The molecule has 0 unspecified atom stereocenters.